The molecule has 0 bridgehead atoms. The fraction of sp³-hybridized carbons (Fsp3) is 0.400. The van der Waals surface area contributed by atoms with Gasteiger partial charge in [0.25, 0.3) is 5.97 Å². The first kappa shape index (κ1) is 15.2. The van der Waals surface area contributed by atoms with Gasteiger partial charge in [-0.15, -0.1) is 0 Å². The lowest BCUT2D eigenvalue weighted by atomic mass is 10.0. The summed E-state index contributed by atoms with van der Waals surface area (Å²) in [5, 5.41) is 15.3. The lowest BCUT2D eigenvalue weighted by Crippen LogP contribution is -2.35. The van der Waals surface area contributed by atoms with E-state index in [1.54, 1.807) is 0 Å². The zero-order valence-corrected chi connectivity index (χ0v) is 12.3. The number of aromatic nitrogens is 3. The summed E-state index contributed by atoms with van der Waals surface area (Å²) in [7, 11) is 0. The molecule has 112 valence electrons. The summed E-state index contributed by atoms with van der Waals surface area (Å²) in [6, 6.07) is 10.8. The number of nitrogens with one attached hydrogen (secondary N) is 1. The number of benzene rings is 1. The minimum absolute atomic E-state index is 0.285. The van der Waals surface area contributed by atoms with E-state index in [1.165, 1.54) is 5.56 Å². The van der Waals surface area contributed by atoms with Gasteiger partial charge in [0, 0.05) is 13.5 Å². The van der Waals surface area contributed by atoms with Crippen LogP contribution >= 0.6 is 0 Å². The molecule has 3 rings (SSSR count). The highest BCUT2D eigenvalue weighted by atomic mass is 16.4. The van der Waals surface area contributed by atoms with Crippen molar-refractivity contribution in [3.63, 3.8) is 0 Å². The van der Waals surface area contributed by atoms with E-state index in [9.17, 15) is 0 Å². The summed E-state index contributed by atoms with van der Waals surface area (Å²) in [6.45, 7) is 4.92. The molecule has 1 aliphatic heterocycles. The highest BCUT2D eigenvalue weighted by Crippen LogP contribution is 2.19. The summed E-state index contributed by atoms with van der Waals surface area (Å²) in [4.78, 5) is 13.5. The normalized spacial score (nSPS) is 16.6. The average Bonchev–Trinajstić information content (AvgIpc) is 2.81. The molecule has 0 unspecified atom stereocenters. The molecule has 21 heavy (non-hydrogen) atoms. The van der Waals surface area contributed by atoms with Crippen LogP contribution in [-0.2, 0) is 17.8 Å². The Balaban J connectivity index is 0.000000361. The predicted octanol–water partition coefficient (Wildman–Crippen LogP) is 1.56. The number of hydrogen-bond donors (Lipinski definition) is 2. The molecule has 0 spiro atoms. The molecule has 0 amide bonds. The lowest BCUT2D eigenvalue weighted by molar-refractivity contribution is -0.134. The summed E-state index contributed by atoms with van der Waals surface area (Å²) in [5.41, 5.74) is 1.33. The SMILES string of the molecule is CC(=O)O.Cc1nc2n(n1)CCN[C@H]2Cc1ccccc1. The molecule has 2 aromatic rings. The first-order chi connectivity index (χ1) is 10.1. The van der Waals surface area contributed by atoms with Crippen LogP contribution in [0.25, 0.3) is 0 Å². The van der Waals surface area contributed by atoms with Gasteiger partial charge < -0.3 is 10.4 Å². The van der Waals surface area contributed by atoms with E-state index in [1.807, 2.05) is 17.7 Å². The Labute approximate surface area is 123 Å². The number of rotatable bonds is 2. The molecule has 0 radical (unpaired) electrons. The van der Waals surface area contributed by atoms with Gasteiger partial charge in [-0.05, 0) is 18.9 Å². The Hall–Kier alpha value is -2.21. The van der Waals surface area contributed by atoms with E-state index < -0.39 is 5.97 Å². The molecule has 6 nitrogen and oxygen atoms in total. The van der Waals surface area contributed by atoms with Gasteiger partial charge in [-0.2, -0.15) is 5.10 Å². The zero-order chi connectivity index (χ0) is 15.2. The molecule has 0 fully saturated rings. The molecule has 1 aliphatic rings. The van der Waals surface area contributed by atoms with Gasteiger partial charge in [0.05, 0.1) is 12.6 Å². The number of aryl methyl sites for hydroxylation is 1. The predicted molar refractivity (Wildman–Crippen MR) is 79.0 cm³/mol. The summed E-state index contributed by atoms with van der Waals surface area (Å²) in [5.74, 6) is 1.10. The first-order valence-corrected chi connectivity index (χ1v) is 6.94. The van der Waals surface area contributed by atoms with Gasteiger partial charge in [-0.25, -0.2) is 9.67 Å². The van der Waals surface area contributed by atoms with E-state index >= 15 is 0 Å². The molecule has 2 heterocycles. The monoisotopic (exact) mass is 288 g/mol. The Morgan fingerprint density at radius 1 is 1.43 bits per heavy atom. The van der Waals surface area contributed by atoms with E-state index in [2.05, 4.69) is 39.7 Å². The third kappa shape index (κ3) is 4.39. The number of hydrogen-bond acceptors (Lipinski definition) is 4. The minimum atomic E-state index is -0.833. The second-order valence-corrected chi connectivity index (χ2v) is 4.96. The quantitative estimate of drug-likeness (QED) is 0.876. The van der Waals surface area contributed by atoms with E-state index in [4.69, 9.17) is 9.90 Å². The third-order valence-electron chi connectivity index (χ3n) is 3.11. The summed E-state index contributed by atoms with van der Waals surface area (Å²) in [6.07, 6.45) is 0.971. The van der Waals surface area contributed by atoms with Crippen molar-refractivity contribution in [3.8, 4) is 0 Å². The molecule has 1 aromatic carbocycles. The van der Waals surface area contributed by atoms with Crippen molar-refractivity contribution in [2.24, 2.45) is 0 Å². The standard InChI is InChI=1S/C13H16N4.C2H4O2/c1-10-15-13-12(14-7-8-17(13)16-10)9-11-5-3-2-4-6-11;1-2(3)4/h2-6,12,14H,7-9H2,1H3;1H3,(H,3,4)/t12-;/m0./s1. The fourth-order valence-corrected chi connectivity index (χ4v) is 2.34. The van der Waals surface area contributed by atoms with Crippen molar-refractivity contribution in [2.75, 3.05) is 6.54 Å². The molecule has 6 heteroatoms. The maximum Gasteiger partial charge on any atom is 0.300 e. The maximum atomic E-state index is 9.00. The summed E-state index contributed by atoms with van der Waals surface area (Å²) >= 11 is 0. The number of carboxylic acid groups (broad SMARTS) is 1. The topological polar surface area (TPSA) is 80.0 Å². The average molecular weight is 288 g/mol. The van der Waals surface area contributed by atoms with Crippen LogP contribution in [-0.4, -0.2) is 32.4 Å². The Bertz CT molecular complexity index is 591. The highest BCUT2D eigenvalue weighted by Gasteiger charge is 2.22. The minimum Gasteiger partial charge on any atom is -0.481 e. The van der Waals surface area contributed by atoms with Crippen molar-refractivity contribution < 1.29 is 9.90 Å². The van der Waals surface area contributed by atoms with Crippen molar-refractivity contribution in [2.45, 2.75) is 32.9 Å². The zero-order valence-electron chi connectivity index (χ0n) is 12.3. The van der Waals surface area contributed by atoms with Crippen molar-refractivity contribution in [1.82, 2.24) is 20.1 Å². The fourth-order valence-electron chi connectivity index (χ4n) is 2.34. The van der Waals surface area contributed by atoms with Crippen LogP contribution in [0.5, 0.6) is 0 Å². The Morgan fingerprint density at radius 3 is 2.76 bits per heavy atom. The van der Waals surface area contributed by atoms with Crippen LogP contribution < -0.4 is 5.32 Å². The number of aliphatic carboxylic acids is 1. The van der Waals surface area contributed by atoms with Crippen LogP contribution in [0.15, 0.2) is 30.3 Å². The number of carboxylic acids is 1. The van der Waals surface area contributed by atoms with E-state index in [0.717, 1.165) is 38.1 Å². The molecular formula is C15H20N4O2. The summed E-state index contributed by atoms with van der Waals surface area (Å²) < 4.78 is 2.03. The van der Waals surface area contributed by atoms with Crippen molar-refractivity contribution in [3.05, 3.63) is 47.5 Å². The molecular weight excluding hydrogens is 268 g/mol. The number of nitrogens with zero attached hydrogens (tertiary/aromatic N) is 3. The molecule has 1 atom stereocenters. The molecule has 0 saturated carbocycles. The van der Waals surface area contributed by atoms with Gasteiger partial charge in [-0.1, -0.05) is 30.3 Å². The van der Waals surface area contributed by atoms with Crippen molar-refractivity contribution >= 4 is 5.97 Å². The smallest absolute Gasteiger partial charge is 0.300 e. The van der Waals surface area contributed by atoms with Crippen LogP contribution in [0.4, 0.5) is 0 Å². The second-order valence-electron chi connectivity index (χ2n) is 4.96. The van der Waals surface area contributed by atoms with Gasteiger partial charge in [0.2, 0.25) is 0 Å². The van der Waals surface area contributed by atoms with Crippen LogP contribution in [0, 0.1) is 6.92 Å². The second kappa shape index (κ2) is 6.99. The van der Waals surface area contributed by atoms with Gasteiger partial charge in [-0.3, -0.25) is 4.79 Å². The number of fused-ring (bicyclic) bond motifs is 1. The molecule has 0 aliphatic carbocycles. The van der Waals surface area contributed by atoms with Crippen LogP contribution in [0.1, 0.15) is 30.2 Å². The highest BCUT2D eigenvalue weighted by molar-refractivity contribution is 5.62. The largest absolute Gasteiger partial charge is 0.481 e. The maximum absolute atomic E-state index is 9.00. The van der Waals surface area contributed by atoms with Crippen LogP contribution in [0.3, 0.4) is 0 Å². The molecule has 2 N–H and O–H groups in total. The van der Waals surface area contributed by atoms with Gasteiger partial charge in [0.15, 0.2) is 0 Å². The molecule has 0 saturated heterocycles. The Morgan fingerprint density at radius 2 is 2.10 bits per heavy atom. The number of carbonyl (C=O) groups is 1. The van der Waals surface area contributed by atoms with E-state index in [0.29, 0.717) is 0 Å². The Kier molecular flexibility index (Phi) is 5.05. The van der Waals surface area contributed by atoms with Gasteiger partial charge >= 0.3 is 0 Å². The van der Waals surface area contributed by atoms with E-state index in [-0.39, 0.29) is 6.04 Å². The van der Waals surface area contributed by atoms with Crippen LogP contribution in [0.2, 0.25) is 0 Å². The first-order valence-electron chi connectivity index (χ1n) is 6.94. The van der Waals surface area contributed by atoms with Gasteiger partial charge in [0.1, 0.15) is 11.6 Å². The van der Waals surface area contributed by atoms with Crippen molar-refractivity contribution in [1.29, 1.82) is 0 Å². The lowest BCUT2D eigenvalue weighted by Gasteiger charge is -2.23. The third-order valence-corrected chi connectivity index (χ3v) is 3.11. The molecule has 1 aromatic heterocycles.